The molecule has 0 aromatic heterocycles. The Labute approximate surface area is 795 Å². The number of aliphatic hydroxyl groups is 6. The molecule has 5 amide bonds. The van der Waals surface area contributed by atoms with Crippen LogP contribution in [0.1, 0.15) is 177 Å². The number of likely N-dealkylation sites (N-methyl/N-ethyl adjacent to an activating group) is 3. The van der Waals surface area contributed by atoms with Crippen molar-refractivity contribution in [2.45, 2.75) is 222 Å². The molecule has 736 valence electrons. The largest absolute Gasteiger partial charge is 0.478 e. The van der Waals surface area contributed by atoms with Gasteiger partial charge in [0.25, 0.3) is 11.8 Å². The van der Waals surface area contributed by atoms with Crippen LogP contribution in [0.3, 0.4) is 0 Å². The number of rotatable bonds is 32. The summed E-state index contributed by atoms with van der Waals surface area (Å²) in [5.41, 5.74) is 16.0. The lowest BCUT2D eigenvalue weighted by molar-refractivity contribution is -0.183. The number of benzene rings is 6. The second kappa shape index (κ2) is 45.9. The lowest BCUT2D eigenvalue weighted by atomic mass is 9.45. The van der Waals surface area contributed by atoms with Gasteiger partial charge < -0.3 is 82.8 Å². The lowest BCUT2D eigenvalue weighted by Crippen LogP contribution is -2.62. The Bertz CT molecular complexity index is 4680. The standard InChI is InChI=1S/2C35H50N4O5.C31H40N2O6.C4H12N2.CH4/c2*1-21-28-17-27(35(28,3)4)18-29(21)37-34(43)32-31(22(2)41)30(20-40)44-39(32)19-23-8-7-9-26(16-23)24-10-12-25(13-11-24)33(42)36-14-15-38(5)6;1-17-24-13-23(31(24,3)4)14-25(17)32-29(36)28-27(18(2)35)26(16-34)39-33(28)15-19-6-5-7-22(12-19)20-8-10-21(11-9-20)30(37)38;1-6(2)4-3-5;/h2*7-13,16,21-22,27-32,40-41H,14-15,17-20H2,1-6H3,(H,36,42)(H,37,43);5-12,17-18,23-28,34-35H,13-16H2,1-4H3,(H,32,36)(H,37,38);3-5H2,1-2H3;1H4/t2*21-,22-,27+,28-,29?,30-,31+,32-;17-,18-,23+,24-,25?,26-,27+,28-;;/m000../s1. The number of hydrogen-bond acceptors (Lipinski definition) is 22. The van der Waals surface area contributed by atoms with E-state index in [-0.39, 0.29) is 87.0 Å². The molecule has 0 spiro atoms. The van der Waals surface area contributed by atoms with E-state index >= 15 is 0 Å². The zero-order valence-corrected chi connectivity index (χ0v) is 81.5. The first kappa shape index (κ1) is 106. The summed E-state index contributed by atoms with van der Waals surface area (Å²) in [6.45, 7) is 30.2. The highest BCUT2D eigenvalue weighted by molar-refractivity contribution is 5.95. The van der Waals surface area contributed by atoms with E-state index in [0.717, 1.165) is 95.5 Å². The Kier molecular flexibility index (Phi) is 36.3. The van der Waals surface area contributed by atoms with Crippen LogP contribution in [0, 0.1) is 87.3 Å². The zero-order valence-electron chi connectivity index (χ0n) is 81.5. The number of nitrogens with zero attached hydrogens (tertiary/aromatic N) is 6. The van der Waals surface area contributed by atoms with Crippen molar-refractivity contribution < 1.29 is 79.0 Å². The molecule has 28 nitrogen and oxygen atoms in total. The first-order valence-corrected chi connectivity index (χ1v) is 48.2. The van der Waals surface area contributed by atoms with Gasteiger partial charge in [0.1, 0.15) is 36.4 Å². The predicted molar refractivity (Wildman–Crippen MR) is 521 cm³/mol. The number of aliphatic hydroxyl groups excluding tert-OH is 6. The quantitative estimate of drug-likeness (QED) is 0.0187. The van der Waals surface area contributed by atoms with Crippen molar-refractivity contribution >= 4 is 35.5 Å². The SMILES string of the molecule is C.CN(C)CCN.C[C@H](O)[C@@H]1[C@H](CO)ON(Cc2cccc(-c3ccc(C(=O)NCCN(C)C)cc3)c2)[C@@H]1C(=O)NC1C[C@H]2C[C@@H]([C@@H]1C)C2(C)C.C[C@H](O)[C@@H]1[C@H](CO)ON(Cc2cccc(-c3ccc(C(=O)NCCN(C)C)cc3)c2)[C@@H]1C(=O)NC1C[C@H]2C[C@@H]([C@@H]1C)C2(C)C.C[C@H](O)[C@@H]1[C@H](CO)ON(Cc2cccc(-c3ccc(C(=O)O)cc3)c2)[C@@H]1C(=O)NC1C[C@H]2C[C@@H]([C@@H]1C)C2(C)C. The Morgan fingerprint density at radius 3 is 0.896 bits per heavy atom. The fourth-order valence-corrected chi connectivity index (χ4v) is 23.2. The fourth-order valence-electron chi connectivity index (χ4n) is 23.2. The molecule has 3 heterocycles. The first-order chi connectivity index (χ1) is 63.1. The molecule has 3 unspecified atom stereocenters. The van der Waals surface area contributed by atoms with Gasteiger partial charge in [-0.2, -0.15) is 15.2 Å². The van der Waals surface area contributed by atoms with E-state index in [1.165, 1.54) is 19.3 Å². The fraction of sp³-hybridized carbons (Fsp3) is 0.604. The summed E-state index contributed by atoms with van der Waals surface area (Å²) >= 11 is 0. The molecule has 12 aliphatic rings. The van der Waals surface area contributed by atoms with Gasteiger partial charge in [-0.15, -0.1) is 0 Å². The second-order valence-electron chi connectivity index (χ2n) is 42.1. The number of hydroxylamine groups is 6. The van der Waals surface area contributed by atoms with E-state index in [0.29, 0.717) is 107 Å². The van der Waals surface area contributed by atoms with Crippen LogP contribution in [0.5, 0.6) is 0 Å². The van der Waals surface area contributed by atoms with Gasteiger partial charge in [-0.25, -0.2) is 4.79 Å². The van der Waals surface area contributed by atoms with Gasteiger partial charge in [0.2, 0.25) is 17.7 Å². The van der Waals surface area contributed by atoms with E-state index in [9.17, 15) is 64.5 Å². The predicted octanol–water partition coefficient (Wildman–Crippen LogP) is 10.5. The summed E-state index contributed by atoms with van der Waals surface area (Å²) in [7, 11) is 11.9. The lowest BCUT2D eigenvalue weighted by Gasteiger charge is -2.62. The van der Waals surface area contributed by atoms with E-state index in [1.807, 2.05) is 173 Å². The van der Waals surface area contributed by atoms with Crippen LogP contribution in [-0.2, 0) is 48.5 Å². The van der Waals surface area contributed by atoms with E-state index in [4.69, 9.17) is 20.2 Å². The maximum atomic E-state index is 13.9. The smallest absolute Gasteiger partial charge is 0.335 e. The average molecular weight is 1850 g/mol. The summed E-state index contributed by atoms with van der Waals surface area (Å²) in [5.74, 6) is 1.35. The molecular formula is C106H156N12O16. The molecule has 24 atom stereocenters. The monoisotopic (exact) mass is 1850 g/mol. The van der Waals surface area contributed by atoms with Gasteiger partial charge in [0.05, 0.1) is 63.3 Å². The number of amides is 5. The van der Waals surface area contributed by atoms with E-state index in [2.05, 4.69) is 93.8 Å². The summed E-state index contributed by atoms with van der Waals surface area (Å²) in [4.78, 5) is 102. The highest BCUT2D eigenvalue weighted by Gasteiger charge is 2.61. The van der Waals surface area contributed by atoms with E-state index < -0.39 is 78.5 Å². The molecule has 6 aromatic carbocycles. The first-order valence-electron chi connectivity index (χ1n) is 48.2. The second-order valence-corrected chi connectivity index (χ2v) is 42.1. The number of aromatic carboxylic acids is 1. The molecular weight excluding hydrogens is 1700 g/mol. The Morgan fingerprint density at radius 2 is 0.679 bits per heavy atom. The van der Waals surface area contributed by atoms with Gasteiger partial charge in [-0.05, 0) is 276 Å². The topological polar surface area (TPSA) is 377 Å². The Balaban J connectivity index is 0.000000187. The molecule has 6 aromatic rings. The van der Waals surface area contributed by atoms with Crippen molar-refractivity contribution in [3.8, 4) is 33.4 Å². The molecule has 28 heteroatoms. The number of nitrogens with one attached hydrogen (secondary N) is 5. The number of carboxylic acid groups (broad SMARTS) is 1. The number of fused-ring (bicyclic) bond motifs is 6. The Morgan fingerprint density at radius 1 is 0.410 bits per heavy atom. The minimum absolute atomic E-state index is 0. The van der Waals surface area contributed by atoms with Crippen LogP contribution >= 0.6 is 0 Å². The maximum absolute atomic E-state index is 13.9. The van der Waals surface area contributed by atoms with Crippen molar-refractivity contribution in [2.24, 2.45) is 93.0 Å². The van der Waals surface area contributed by atoms with Gasteiger partial charge in [0.15, 0.2) is 0 Å². The van der Waals surface area contributed by atoms with Crippen LogP contribution in [0.15, 0.2) is 146 Å². The van der Waals surface area contributed by atoms with Crippen LogP contribution in [0.25, 0.3) is 33.4 Å². The molecule has 9 aliphatic carbocycles. The van der Waals surface area contributed by atoms with Crippen molar-refractivity contribution in [1.82, 2.24) is 56.5 Å². The molecule has 0 radical (unpaired) electrons. The molecule has 134 heavy (non-hydrogen) atoms. The molecule has 14 N–H and O–H groups in total. The van der Waals surface area contributed by atoms with Crippen LogP contribution in [0.2, 0.25) is 0 Å². The van der Waals surface area contributed by atoms with Crippen molar-refractivity contribution in [1.29, 1.82) is 0 Å². The highest BCUT2D eigenvalue weighted by Crippen LogP contribution is 2.64. The summed E-state index contributed by atoms with van der Waals surface area (Å²) in [5, 5.41) is 92.4. The third kappa shape index (κ3) is 24.2. The molecule has 3 saturated heterocycles. The Hall–Kier alpha value is -8.50. The summed E-state index contributed by atoms with van der Waals surface area (Å²) < 4.78 is 0. The molecule has 9 saturated carbocycles. The number of hydrogen-bond donors (Lipinski definition) is 13. The maximum Gasteiger partial charge on any atom is 0.335 e. The zero-order chi connectivity index (χ0) is 96.6. The normalized spacial score (nSPS) is 29.6. The summed E-state index contributed by atoms with van der Waals surface area (Å²) in [6, 6.07) is 43.6. The minimum atomic E-state index is -0.972. The highest BCUT2D eigenvalue weighted by atomic mass is 16.7. The number of carbonyl (C=O) groups is 6. The molecule has 6 bridgehead atoms. The van der Waals surface area contributed by atoms with Gasteiger partial charge >= 0.3 is 5.97 Å². The molecule has 12 fully saturated rings. The third-order valence-corrected chi connectivity index (χ3v) is 31.7. The van der Waals surface area contributed by atoms with Crippen LogP contribution in [-0.4, -0.2) is 275 Å². The average Bonchev–Trinajstić information content (AvgIpc) is 0.833. The minimum Gasteiger partial charge on any atom is -0.478 e. The van der Waals surface area contributed by atoms with Gasteiger partial charge in [-0.3, -0.25) is 38.5 Å². The summed E-state index contributed by atoms with van der Waals surface area (Å²) in [6.07, 6.45) is 1.98. The van der Waals surface area contributed by atoms with Crippen molar-refractivity contribution in [2.75, 3.05) is 101 Å². The molecule has 18 rings (SSSR count). The number of carboxylic acids is 1. The van der Waals surface area contributed by atoms with Crippen LogP contribution < -0.4 is 32.3 Å². The van der Waals surface area contributed by atoms with Crippen molar-refractivity contribution in [3.05, 3.63) is 179 Å². The van der Waals surface area contributed by atoms with Crippen molar-refractivity contribution in [3.63, 3.8) is 0 Å². The third-order valence-electron chi connectivity index (χ3n) is 31.7. The molecule has 3 aliphatic heterocycles. The van der Waals surface area contributed by atoms with Gasteiger partial charge in [-0.1, -0.05) is 161 Å². The number of nitrogens with two attached hydrogens (primary N) is 1. The van der Waals surface area contributed by atoms with Gasteiger partial charge in [0, 0.05) is 86.3 Å². The van der Waals surface area contributed by atoms with Crippen LogP contribution in [0.4, 0.5) is 0 Å². The number of carbonyl (C=O) groups excluding carboxylic acids is 5. The van der Waals surface area contributed by atoms with E-state index in [1.54, 1.807) is 60.2 Å².